The molecule has 0 bridgehead atoms. The van der Waals surface area contributed by atoms with Crippen molar-refractivity contribution >= 4 is 86.0 Å². The number of nitrogens with one attached hydrogen (secondary N) is 5. The molecule has 1 saturated heterocycles. The zero-order chi connectivity index (χ0) is 66.9. The van der Waals surface area contributed by atoms with Crippen molar-refractivity contribution in [2.75, 3.05) is 109 Å². The topological polar surface area (TPSA) is 386 Å². The maximum atomic E-state index is 14.1. The molecule has 9 rings (SSSR count). The van der Waals surface area contributed by atoms with E-state index in [1.807, 2.05) is 13.0 Å². The van der Waals surface area contributed by atoms with Crippen molar-refractivity contribution in [2.24, 2.45) is 22.5 Å². The minimum Gasteiger partial charge on any atom is -0.455 e. The van der Waals surface area contributed by atoms with Gasteiger partial charge in [0.15, 0.2) is 5.78 Å². The van der Waals surface area contributed by atoms with Crippen molar-refractivity contribution in [3.05, 3.63) is 90.3 Å². The second kappa shape index (κ2) is 33.5. The van der Waals surface area contributed by atoms with Crippen LogP contribution in [0.5, 0.6) is 11.5 Å². The van der Waals surface area contributed by atoms with Crippen molar-refractivity contribution in [1.29, 1.82) is 0 Å². The van der Waals surface area contributed by atoms with Crippen LogP contribution in [0.15, 0.2) is 40.3 Å². The van der Waals surface area contributed by atoms with Crippen molar-refractivity contribution in [3.8, 4) is 11.5 Å². The Morgan fingerprint density at radius 2 is 1.54 bits per heavy atom. The number of Topliss-reactive ketones (excluding diaryl/α,β-unsaturated/α-hetero) is 2. The third-order valence-electron chi connectivity index (χ3n) is 17.8. The van der Waals surface area contributed by atoms with E-state index < -0.39 is 68.6 Å². The lowest BCUT2D eigenvalue weighted by Crippen LogP contribution is -2.45. The SMILES string of the molecule is Cc1cc(S(=O)(=O)NCCN2C(=O)CC(SCC(CC(=O)CCOCCNC(=O)CCC(=O)CNC(=O)CN)C(=O)NCCOCCC(=O)NC(CCCCN=[N+]=[N-])C(N)=O)C2=O)ccc1C1=c2cc3c4c(c2Oc2c1cc1c5c2CCCN5CCC1)CCC[N+]=4CCC3. The van der Waals surface area contributed by atoms with Crippen LogP contribution in [0.4, 0.5) is 5.69 Å². The number of carbonyl (C=O) groups is 9. The number of hydrogen-bond acceptors (Lipinski definition) is 18. The van der Waals surface area contributed by atoms with E-state index in [0.29, 0.717) is 12.8 Å². The number of primary amides is 1. The Balaban J connectivity index is 0.798. The van der Waals surface area contributed by atoms with Gasteiger partial charge < -0.3 is 51.8 Å². The number of ketones is 2. The summed E-state index contributed by atoms with van der Waals surface area (Å²) in [6, 6.07) is 8.88. The quantitative estimate of drug-likeness (QED) is 0.00829. The van der Waals surface area contributed by atoms with Crippen LogP contribution in [-0.4, -0.2) is 182 Å². The van der Waals surface area contributed by atoms with Crippen molar-refractivity contribution < 1.29 is 65.8 Å². The van der Waals surface area contributed by atoms with Crippen LogP contribution in [0.3, 0.4) is 0 Å². The summed E-state index contributed by atoms with van der Waals surface area (Å²) in [5.41, 5.74) is 29.3. The summed E-state index contributed by atoms with van der Waals surface area (Å²) in [6.07, 6.45) is 8.35. The molecular weight excluding hydrogens is 1250 g/mol. The Kier molecular flexibility index (Phi) is 25.2. The number of thioether (sulfide) groups is 1. The Morgan fingerprint density at radius 3 is 2.30 bits per heavy atom. The molecule has 3 aromatic carbocycles. The van der Waals surface area contributed by atoms with Crippen LogP contribution in [0.25, 0.3) is 16.0 Å². The van der Waals surface area contributed by atoms with Gasteiger partial charge in [0.25, 0.3) is 0 Å². The van der Waals surface area contributed by atoms with Crippen LogP contribution < -0.4 is 62.2 Å². The molecule has 0 spiro atoms. The fourth-order valence-electron chi connectivity index (χ4n) is 13.2. The van der Waals surface area contributed by atoms with Crippen LogP contribution in [-0.2, 0) is 88.3 Å². The molecule has 6 aliphatic heterocycles. The molecule has 0 aliphatic carbocycles. The smallest absolute Gasteiger partial charge is 0.242 e. The number of hydrogen-bond donors (Lipinski definition) is 7. The average Bonchev–Trinajstić information content (AvgIpc) is 0.802. The van der Waals surface area contributed by atoms with Gasteiger partial charge in [-0.15, -0.1) is 11.8 Å². The van der Waals surface area contributed by atoms with E-state index in [1.54, 1.807) is 12.1 Å². The van der Waals surface area contributed by atoms with E-state index in [2.05, 4.69) is 57.6 Å². The Labute approximate surface area is 550 Å². The number of unbranched alkanes of at least 4 members (excludes halogenated alkanes) is 1. The molecule has 6 heterocycles. The Hall–Kier alpha value is -7.79. The van der Waals surface area contributed by atoms with Gasteiger partial charge in [0, 0.05) is 141 Å². The van der Waals surface area contributed by atoms with Crippen molar-refractivity contribution in [3.63, 3.8) is 0 Å². The number of nitrogens with zero attached hydrogens (tertiary/aromatic N) is 6. The second-order valence-corrected chi connectivity index (χ2v) is 27.4. The van der Waals surface area contributed by atoms with Crippen LogP contribution in [0.1, 0.15) is 122 Å². The highest BCUT2D eigenvalue weighted by molar-refractivity contribution is 8.00. The third kappa shape index (κ3) is 18.0. The Bertz CT molecular complexity index is 3720. The number of nitrogens with two attached hydrogens (primary N) is 2. The van der Waals surface area contributed by atoms with Gasteiger partial charge in [-0.3, -0.25) is 48.1 Å². The molecule has 0 aromatic heterocycles. The molecule has 27 nitrogen and oxygen atoms in total. The van der Waals surface area contributed by atoms with Gasteiger partial charge >= 0.3 is 0 Å². The van der Waals surface area contributed by atoms with Crippen molar-refractivity contribution in [2.45, 2.75) is 132 Å². The van der Waals surface area contributed by atoms with E-state index in [1.165, 1.54) is 33.3 Å². The largest absolute Gasteiger partial charge is 0.455 e. The zero-order valence-electron chi connectivity index (χ0n) is 53.3. The fourth-order valence-corrected chi connectivity index (χ4v) is 15.5. The summed E-state index contributed by atoms with van der Waals surface area (Å²) < 4.78 is 51.8. The molecule has 3 unspecified atom stereocenters. The molecule has 1 fully saturated rings. The minimum atomic E-state index is -4.16. The van der Waals surface area contributed by atoms with Crippen LogP contribution >= 0.6 is 11.8 Å². The monoisotopic (exact) mass is 1340 g/mol. The standard InChI is InChI=1S/C65H85N13O14S2/c1-40-32-46(14-15-47(40)58-50-34-41-8-4-23-76-25-6-10-48(59(41)76)61(50)92-62-49-11-7-26-77-24-5-9-42(60(49)77)35-51(58)62)94(88,89)73-20-27-78-57(84)36-53(65(78)87)93-39-43(33-44(79)17-28-90-30-21-69-54(81)16-13-45(80)38-71-56(83)37-66)64(86)70-22-31-91-29-18-55(82)74-52(63(67)85)12-2-3-19-72-75-68/h14-15,32,34-35,43,52-53,73H,2-13,16-31,33,36-39,66H2,1H3,(H5-,67,69,70,71,74,81,82,83,85,86)/p+1. The normalized spacial score (nSPS) is 16.7. The van der Waals surface area contributed by atoms with E-state index >= 15 is 0 Å². The molecule has 94 heavy (non-hydrogen) atoms. The number of fused-ring (bicyclic) bond motifs is 4. The highest BCUT2D eigenvalue weighted by atomic mass is 32.2. The summed E-state index contributed by atoms with van der Waals surface area (Å²) >= 11 is 1.04. The first-order valence-corrected chi connectivity index (χ1v) is 35.2. The molecule has 3 atom stereocenters. The number of likely N-dealkylation sites (tertiary alicyclic amines) is 1. The molecule has 0 saturated carbocycles. The summed E-state index contributed by atoms with van der Waals surface area (Å²) in [7, 11) is -4.16. The van der Waals surface area contributed by atoms with E-state index in [0.717, 1.165) is 133 Å². The van der Waals surface area contributed by atoms with E-state index in [-0.39, 0.29) is 139 Å². The number of aryl methyl sites for hydroxylation is 3. The van der Waals surface area contributed by atoms with Gasteiger partial charge in [0.2, 0.25) is 56.7 Å². The predicted molar refractivity (Wildman–Crippen MR) is 350 cm³/mol. The number of azide groups is 1. The fraction of sp³-hybridized carbons (Fsp3) is 0.569. The maximum Gasteiger partial charge on any atom is 0.242 e. The maximum absolute atomic E-state index is 14.1. The third-order valence-corrected chi connectivity index (χ3v) is 20.6. The highest BCUT2D eigenvalue weighted by Crippen LogP contribution is 2.49. The van der Waals surface area contributed by atoms with Crippen LogP contribution in [0.2, 0.25) is 0 Å². The molecular formula is C65H86N13O14S2+. The first-order valence-electron chi connectivity index (χ1n) is 32.6. The number of benzene rings is 3. The molecule has 7 amide bonds. The number of anilines is 1. The first-order chi connectivity index (χ1) is 45.3. The second-order valence-electron chi connectivity index (χ2n) is 24.4. The molecule has 9 N–H and O–H groups in total. The van der Waals surface area contributed by atoms with E-state index in [4.69, 9.17) is 31.2 Å². The van der Waals surface area contributed by atoms with Gasteiger partial charge in [0.1, 0.15) is 36.4 Å². The lowest BCUT2D eigenvalue weighted by Gasteiger charge is -2.39. The predicted octanol–water partition coefficient (Wildman–Crippen LogP) is 1.07. The van der Waals surface area contributed by atoms with Gasteiger partial charge in [-0.05, 0) is 105 Å². The van der Waals surface area contributed by atoms with Gasteiger partial charge in [-0.25, -0.2) is 17.7 Å². The van der Waals surface area contributed by atoms with E-state index in [9.17, 15) is 51.6 Å². The van der Waals surface area contributed by atoms with Gasteiger partial charge in [-0.1, -0.05) is 17.6 Å². The van der Waals surface area contributed by atoms with Gasteiger partial charge in [-0.2, -0.15) is 0 Å². The summed E-state index contributed by atoms with van der Waals surface area (Å²) in [5.74, 6) is -3.64. The lowest BCUT2D eigenvalue weighted by molar-refractivity contribution is -0.138. The Morgan fingerprint density at radius 1 is 0.809 bits per heavy atom. The minimum absolute atomic E-state index is 0.0204. The lowest BCUT2D eigenvalue weighted by atomic mass is 9.82. The number of sulfonamides is 1. The number of carbonyl (C=O) groups excluding carboxylic acids is 9. The number of ether oxygens (including phenoxy) is 3. The first kappa shape index (κ1) is 70.5. The highest BCUT2D eigenvalue weighted by Gasteiger charge is 2.41. The number of rotatable bonds is 37. The average molecular weight is 1340 g/mol. The summed E-state index contributed by atoms with van der Waals surface area (Å²) in [5, 5.41) is 15.1. The summed E-state index contributed by atoms with van der Waals surface area (Å²) in [6.45, 7) is 5.22. The molecule has 3 aromatic rings. The number of amides is 7. The van der Waals surface area contributed by atoms with Crippen molar-refractivity contribution in [1.82, 2.24) is 35.5 Å². The molecule has 6 aliphatic rings. The van der Waals surface area contributed by atoms with Crippen LogP contribution in [0, 0.1) is 12.8 Å². The molecule has 0 radical (unpaired) electrons. The molecule has 29 heteroatoms. The number of imide groups is 1. The zero-order valence-corrected chi connectivity index (χ0v) is 55.0. The molecule has 506 valence electrons. The summed E-state index contributed by atoms with van der Waals surface area (Å²) in [4.78, 5) is 121. The van der Waals surface area contributed by atoms with Gasteiger partial charge in [0.05, 0.1) is 61.1 Å².